The van der Waals surface area contributed by atoms with E-state index in [4.69, 9.17) is 25.8 Å². The summed E-state index contributed by atoms with van der Waals surface area (Å²) >= 11 is 5.68. The van der Waals surface area contributed by atoms with Gasteiger partial charge < -0.3 is 14.2 Å². The molecule has 1 heterocycles. The number of carbonyl (C=O) groups excluding carboxylic acids is 3. The Morgan fingerprint density at radius 2 is 1.59 bits per heavy atom. The number of piperidine rings is 1. The Labute approximate surface area is 221 Å². The number of sulfonamides is 1. The molecule has 1 aliphatic rings. The Kier molecular flexibility index (Phi) is 9.69. The molecule has 0 bridgehead atoms. The largest absolute Gasteiger partial charge is 0.457 e. The molecule has 200 valence electrons. The molecule has 3 rings (SSSR count). The van der Waals surface area contributed by atoms with Crippen molar-refractivity contribution >= 4 is 39.5 Å². The third-order valence-corrected chi connectivity index (χ3v) is 8.10. The lowest BCUT2D eigenvalue weighted by atomic mass is 9.93. The van der Waals surface area contributed by atoms with E-state index < -0.39 is 52.4 Å². The maximum atomic E-state index is 14.0. The van der Waals surface area contributed by atoms with E-state index in [0.29, 0.717) is 5.56 Å². The summed E-state index contributed by atoms with van der Waals surface area (Å²) in [7, 11) is -4.26. The van der Waals surface area contributed by atoms with Crippen molar-refractivity contribution in [3.63, 3.8) is 0 Å². The van der Waals surface area contributed by atoms with Crippen LogP contribution >= 0.6 is 11.6 Å². The number of halogens is 1. The van der Waals surface area contributed by atoms with Gasteiger partial charge in [-0.15, -0.1) is 11.6 Å². The number of carbonyl (C=O) groups is 3. The van der Waals surface area contributed by atoms with Gasteiger partial charge in [-0.1, -0.05) is 48.0 Å². The van der Waals surface area contributed by atoms with E-state index in [-0.39, 0.29) is 30.0 Å². The highest BCUT2D eigenvalue weighted by Crippen LogP contribution is 2.37. The fraction of sp³-hybridized carbons (Fsp3) is 0.423. The van der Waals surface area contributed by atoms with Crippen molar-refractivity contribution in [1.29, 1.82) is 0 Å². The van der Waals surface area contributed by atoms with Gasteiger partial charge in [-0.05, 0) is 37.5 Å². The first-order valence-electron chi connectivity index (χ1n) is 11.8. The quantitative estimate of drug-likeness (QED) is 0.262. The highest BCUT2D eigenvalue weighted by Gasteiger charge is 2.48. The number of aryl methyl sites for hydroxylation is 1. The van der Waals surface area contributed by atoms with E-state index >= 15 is 0 Å². The second-order valence-corrected chi connectivity index (χ2v) is 10.9. The van der Waals surface area contributed by atoms with Gasteiger partial charge in [0, 0.05) is 26.3 Å². The van der Waals surface area contributed by atoms with Gasteiger partial charge in [0.1, 0.15) is 12.0 Å². The monoisotopic (exact) mass is 551 g/mol. The van der Waals surface area contributed by atoms with Gasteiger partial charge in [-0.25, -0.2) is 8.42 Å². The second kappa shape index (κ2) is 12.5. The zero-order valence-electron chi connectivity index (χ0n) is 20.8. The Hall–Kier alpha value is -2.95. The predicted molar refractivity (Wildman–Crippen MR) is 135 cm³/mol. The molecule has 0 aromatic heterocycles. The first kappa shape index (κ1) is 28.6. The lowest BCUT2D eigenvalue weighted by molar-refractivity contribution is -0.185. The van der Waals surface area contributed by atoms with Crippen LogP contribution in [0.1, 0.15) is 50.3 Å². The van der Waals surface area contributed by atoms with Crippen molar-refractivity contribution in [3.05, 3.63) is 65.7 Å². The summed E-state index contributed by atoms with van der Waals surface area (Å²) in [6.07, 6.45) is -2.71. The van der Waals surface area contributed by atoms with Gasteiger partial charge in [0.05, 0.1) is 4.90 Å². The van der Waals surface area contributed by atoms with Gasteiger partial charge in [-0.3, -0.25) is 14.4 Å². The van der Waals surface area contributed by atoms with E-state index in [1.54, 1.807) is 42.5 Å². The van der Waals surface area contributed by atoms with Gasteiger partial charge >= 0.3 is 17.9 Å². The van der Waals surface area contributed by atoms with Crippen molar-refractivity contribution in [2.75, 3.05) is 5.88 Å². The summed E-state index contributed by atoms with van der Waals surface area (Å²) in [6, 6.07) is 14.4. The molecule has 0 aliphatic carbocycles. The minimum absolute atomic E-state index is 0.0160. The Balaban J connectivity index is 2.09. The molecule has 2 aromatic carbocycles. The Morgan fingerprint density at radius 1 is 0.973 bits per heavy atom. The summed E-state index contributed by atoms with van der Waals surface area (Å²) in [5.74, 6) is -2.40. The molecule has 0 radical (unpaired) electrons. The first-order chi connectivity index (χ1) is 17.5. The van der Waals surface area contributed by atoms with E-state index in [9.17, 15) is 22.8 Å². The third-order valence-electron chi connectivity index (χ3n) is 5.95. The number of alkyl halides is 1. The van der Waals surface area contributed by atoms with E-state index in [1.807, 2.05) is 6.92 Å². The standard InChI is InChI=1S/C26H30ClNO8S/c1-17-9-12-22(13-10-17)37(32,33)28-21(11-14-23(34-18(2)29)26(28)35-19(3)30)15-24(36-25(31)16-27)20-7-5-4-6-8-20/h4-10,12-13,21,23-24,26H,11,14-16H2,1-3H3/t21-,23-,24-,26-/m0/s1. The number of esters is 3. The maximum absolute atomic E-state index is 14.0. The average molecular weight is 552 g/mol. The van der Waals surface area contributed by atoms with E-state index in [1.165, 1.54) is 19.1 Å². The lowest BCUT2D eigenvalue weighted by Gasteiger charge is -2.44. The van der Waals surface area contributed by atoms with Crippen molar-refractivity contribution in [3.8, 4) is 0 Å². The minimum atomic E-state index is -4.26. The van der Waals surface area contributed by atoms with Crippen LogP contribution in [-0.4, -0.2) is 54.9 Å². The zero-order valence-corrected chi connectivity index (χ0v) is 22.4. The highest BCUT2D eigenvalue weighted by molar-refractivity contribution is 7.89. The van der Waals surface area contributed by atoms with Crippen LogP contribution in [0.2, 0.25) is 0 Å². The van der Waals surface area contributed by atoms with Gasteiger partial charge in [0.25, 0.3) is 0 Å². The van der Waals surface area contributed by atoms with Crippen LogP contribution in [0.25, 0.3) is 0 Å². The summed E-state index contributed by atoms with van der Waals surface area (Å²) < 4.78 is 45.5. The highest BCUT2D eigenvalue weighted by atomic mass is 35.5. The number of ether oxygens (including phenoxy) is 3. The Morgan fingerprint density at radius 3 is 2.16 bits per heavy atom. The van der Waals surface area contributed by atoms with Crippen LogP contribution in [-0.2, 0) is 38.6 Å². The number of nitrogens with zero attached hydrogens (tertiary/aromatic N) is 1. The molecule has 1 saturated heterocycles. The second-order valence-electron chi connectivity index (χ2n) is 8.79. The van der Waals surface area contributed by atoms with Crippen molar-refractivity contribution in [2.45, 2.75) is 69.4 Å². The molecule has 9 nitrogen and oxygen atoms in total. The summed E-state index contributed by atoms with van der Waals surface area (Å²) in [5.41, 5.74) is 1.51. The SMILES string of the molecule is CC(=O)O[C@H]1CC[C@@H](C[C@H](OC(=O)CCl)c2ccccc2)N(S(=O)(=O)c2ccc(C)cc2)[C@H]1OC(C)=O. The molecule has 2 aromatic rings. The molecule has 37 heavy (non-hydrogen) atoms. The van der Waals surface area contributed by atoms with Crippen LogP contribution in [0.3, 0.4) is 0 Å². The molecular weight excluding hydrogens is 522 g/mol. The van der Waals surface area contributed by atoms with E-state index in [2.05, 4.69) is 0 Å². The van der Waals surface area contributed by atoms with Crippen molar-refractivity contribution in [2.24, 2.45) is 0 Å². The van der Waals surface area contributed by atoms with Crippen LogP contribution in [0, 0.1) is 6.92 Å². The van der Waals surface area contributed by atoms with Crippen molar-refractivity contribution < 1.29 is 37.0 Å². The normalized spacial score (nSPS) is 21.0. The molecule has 1 fully saturated rings. The van der Waals surface area contributed by atoms with Crippen LogP contribution in [0.4, 0.5) is 0 Å². The van der Waals surface area contributed by atoms with Crippen LogP contribution in [0.15, 0.2) is 59.5 Å². The molecule has 0 saturated carbocycles. The number of rotatable bonds is 9. The van der Waals surface area contributed by atoms with Gasteiger partial charge in [-0.2, -0.15) is 4.31 Å². The van der Waals surface area contributed by atoms with Crippen LogP contribution < -0.4 is 0 Å². The molecule has 11 heteroatoms. The number of hydrogen-bond donors (Lipinski definition) is 0. The zero-order chi connectivity index (χ0) is 27.2. The summed E-state index contributed by atoms with van der Waals surface area (Å²) in [5, 5.41) is 0. The average Bonchev–Trinajstić information content (AvgIpc) is 2.85. The molecular formula is C26H30ClNO8S. The third kappa shape index (κ3) is 7.30. The van der Waals surface area contributed by atoms with Gasteiger partial charge in [0.15, 0.2) is 6.10 Å². The lowest BCUT2D eigenvalue weighted by Crippen LogP contribution is -2.58. The molecule has 4 atom stereocenters. The number of hydrogen-bond acceptors (Lipinski definition) is 8. The van der Waals surface area contributed by atoms with Crippen LogP contribution in [0.5, 0.6) is 0 Å². The molecule has 0 unspecified atom stereocenters. The van der Waals surface area contributed by atoms with Crippen molar-refractivity contribution in [1.82, 2.24) is 4.31 Å². The topological polar surface area (TPSA) is 116 Å². The minimum Gasteiger partial charge on any atom is -0.457 e. The molecule has 1 aliphatic heterocycles. The maximum Gasteiger partial charge on any atom is 0.321 e. The predicted octanol–water partition coefficient (Wildman–Crippen LogP) is 3.88. The molecule has 0 N–H and O–H groups in total. The molecule has 0 spiro atoms. The van der Waals surface area contributed by atoms with Gasteiger partial charge in [0.2, 0.25) is 16.3 Å². The summed E-state index contributed by atoms with van der Waals surface area (Å²) in [6.45, 7) is 4.18. The molecule has 0 amide bonds. The fourth-order valence-electron chi connectivity index (χ4n) is 4.37. The fourth-order valence-corrected chi connectivity index (χ4v) is 6.19. The first-order valence-corrected chi connectivity index (χ1v) is 13.8. The smallest absolute Gasteiger partial charge is 0.321 e. The van der Waals surface area contributed by atoms with E-state index in [0.717, 1.165) is 16.8 Å². The number of benzene rings is 2. The Bertz CT molecular complexity index is 1200. The summed E-state index contributed by atoms with van der Waals surface area (Å²) in [4.78, 5) is 36.0.